The number of aromatic nitrogens is 1. The molecule has 0 spiro atoms. The summed E-state index contributed by atoms with van der Waals surface area (Å²) in [6.07, 6.45) is 1.85. The molecule has 0 unspecified atom stereocenters. The highest BCUT2D eigenvalue weighted by Crippen LogP contribution is 2.24. The molecule has 1 aromatic heterocycles. The van der Waals surface area contributed by atoms with Crippen molar-refractivity contribution in [1.82, 2.24) is 10.3 Å². The van der Waals surface area contributed by atoms with E-state index in [0.717, 1.165) is 5.69 Å². The van der Waals surface area contributed by atoms with E-state index in [-0.39, 0.29) is 12.1 Å². The van der Waals surface area contributed by atoms with Gasteiger partial charge in [0.1, 0.15) is 0 Å². The van der Waals surface area contributed by atoms with Crippen molar-refractivity contribution in [3.63, 3.8) is 0 Å². The quantitative estimate of drug-likeness (QED) is 0.746. The van der Waals surface area contributed by atoms with E-state index in [1.54, 1.807) is 0 Å². The maximum atomic E-state index is 4.54. The Morgan fingerprint density at radius 2 is 1.32 bits per heavy atom. The van der Waals surface area contributed by atoms with Gasteiger partial charge in [0.2, 0.25) is 0 Å². The van der Waals surface area contributed by atoms with Gasteiger partial charge in [0.15, 0.2) is 0 Å². The predicted octanol–water partition coefficient (Wildman–Crippen LogP) is 4.52. The summed E-state index contributed by atoms with van der Waals surface area (Å²) in [7, 11) is 0. The zero-order valence-electron chi connectivity index (χ0n) is 12.7. The van der Waals surface area contributed by atoms with Crippen LogP contribution in [-0.4, -0.2) is 4.98 Å². The fourth-order valence-corrected chi connectivity index (χ4v) is 2.63. The van der Waals surface area contributed by atoms with Crippen LogP contribution < -0.4 is 5.32 Å². The molecule has 0 saturated heterocycles. The minimum atomic E-state index is 0.0811. The van der Waals surface area contributed by atoms with Crippen LogP contribution in [0.5, 0.6) is 0 Å². The Morgan fingerprint density at radius 1 is 0.727 bits per heavy atom. The lowest BCUT2D eigenvalue weighted by Gasteiger charge is -2.24. The average molecular weight is 288 g/mol. The highest BCUT2D eigenvalue weighted by Gasteiger charge is 2.18. The zero-order chi connectivity index (χ0) is 15.2. The summed E-state index contributed by atoms with van der Waals surface area (Å²) in [5.74, 6) is 0. The number of pyridine rings is 1. The first kappa shape index (κ1) is 14.5. The Bertz CT molecular complexity index is 641. The normalized spacial score (nSPS) is 13.5. The largest absolute Gasteiger partial charge is 0.298 e. The first-order chi connectivity index (χ1) is 10.8. The lowest BCUT2D eigenvalue weighted by molar-refractivity contribution is 0.508. The zero-order valence-corrected chi connectivity index (χ0v) is 12.7. The van der Waals surface area contributed by atoms with Gasteiger partial charge in [-0.1, -0.05) is 66.7 Å². The first-order valence-electron chi connectivity index (χ1n) is 7.61. The van der Waals surface area contributed by atoms with Crippen LogP contribution in [0.1, 0.15) is 35.8 Å². The maximum absolute atomic E-state index is 4.54. The molecular weight excluding hydrogens is 268 g/mol. The lowest BCUT2D eigenvalue weighted by atomic mass is 10.00. The molecule has 3 aromatic rings. The second-order valence-corrected chi connectivity index (χ2v) is 5.40. The SMILES string of the molecule is C[C@@H](N[C@H](c1ccccc1)c1ccccn1)c1ccccc1. The molecule has 0 bridgehead atoms. The van der Waals surface area contributed by atoms with Crippen LogP contribution >= 0.6 is 0 Å². The number of nitrogens with one attached hydrogen (secondary N) is 1. The molecule has 0 amide bonds. The summed E-state index contributed by atoms with van der Waals surface area (Å²) in [4.78, 5) is 4.54. The standard InChI is InChI=1S/C20H20N2/c1-16(17-10-4-2-5-11-17)22-20(18-12-6-3-7-13-18)19-14-8-9-15-21-19/h2-16,20,22H,1H3/t16-,20-/m1/s1. The van der Waals surface area contributed by atoms with Crippen molar-refractivity contribution in [2.45, 2.75) is 19.0 Å². The van der Waals surface area contributed by atoms with Gasteiger partial charge in [0, 0.05) is 12.2 Å². The number of rotatable bonds is 5. The summed E-state index contributed by atoms with van der Waals surface area (Å²) >= 11 is 0. The molecule has 2 heteroatoms. The number of hydrogen-bond acceptors (Lipinski definition) is 2. The van der Waals surface area contributed by atoms with E-state index in [1.807, 2.05) is 30.5 Å². The Balaban J connectivity index is 1.90. The van der Waals surface area contributed by atoms with E-state index in [9.17, 15) is 0 Å². The fraction of sp³-hybridized carbons (Fsp3) is 0.150. The Hall–Kier alpha value is -2.45. The van der Waals surface area contributed by atoms with Crippen molar-refractivity contribution < 1.29 is 0 Å². The molecule has 0 aliphatic rings. The van der Waals surface area contributed by atoms with E-state index >= 15 is 0 Å². The van der Waals surface area contributed by atoms with E-state index in [1.165, 1.54) is 11.1 Å². The molecule has 0 aliphatic carbocycles. The van der Waals surface area contributed by atoms with Crippen LogP contribution in [0.2, 0.25) is 0 Å². The minimum absolute atomic E-state index is 0.0811. The molecule has 0 radical (unpaired) electrons. The van der Waals surface area contributed by atoms with Crippen LogP contribution in [0.15, 0.2) is 85.1 Å². The smallest absolute Gasteiger partial charge is 0.0756 e. The molecule has 0 saturated carbocycles. The van der Waals surface area contributed by atoms with Crippen LogP contribution in [0.3, 0.4) is 0 Å². The third-order valence-electron chi connectivity index (χ3n) is 3.83. The summed E-state index contributed by atoms with van der Waals surface area (Å²) < 4.78 is 0. The van der Waals surface area contributed by atoms with Gasteiger partial charge in [-0.05, 0) is 30.2 Å². The van der Waals surface area contributed by atoms with Gasteiger partial charge < -0.3 is 0 Å². The van der Waals surface area contributed by atoms with Gasteiger partial charge >= 0.3 is 0 Å². The molecule has 110 valence electrons. The Morgan fingerprint density at radius 3 is 1.91 bits per heavy atom. The molecule has 1 heterocycles. The van der Waals surface area contributed by atoms with Crippen LogP contribution in [0.25, 0.3) is 0 Å². The molecule has 0 fully saturated rings. The van der Waals surface area contributed by atoms with Gasteiger partial charge in [-0.15, -0.1) is 0 Å². The Labute approximate surface area is 131 Å². The van der Waals surface area contributed by atoms with Crippen molar-refractivity contribution in [3.05, 3.63) is 102 Å². The Kier molecular flexibility index (Phi) is 4.62. The first-order valence-corrected chi connectivity index (χ1v) is 7.61. The van der Waals surface area contributed by atoms with Crippen LogP contribution in [0, 0.1) is 0 Å². The molecule has 2 aromatic carbocycles. The monoisotopic (exact) mass is 288 g/mol. The predicted molar refractivity (Wildman–Crippen MR) is 90.5 cm³/mol. The van der Waals surface area contributed by atoms with Crippen molar-refractivity contribution >= 4 is 0 Å². The van der Waals surface area contributed by atoms with Gasteiger partial charge in [-0.3, -0.25) is 10.3 Å². The summed E-state index contributed by atoms with van der Waals surface area (Å²) in [6.45, 7) is 2.19. The second-order valence-electron chi connectivity index (χ2n) is 5.40. The minimum Gasteiger partial charge on any atom is -0.298 e. The maximum Gasteiger partial charge on any atom is 0.0756 e. The van der Waals surface area contributed by atoms with Crippen LogP contribution in [-0.2, 0) is 0 Å². The number of nitrogens with zero attached hydrogens (tertiary/aromatic N) is 1. The van der Waals surface area contributed by atoms with Crippen molar-refractivity contribution in [1.29, 1.82) is 0 Å². The third-order valence-corrected chi connectivity index (χ3v) is 3.83. The summed E-state index contributed by atoms with van der Waals surface area (Å²) in [5.41, 5.74) is 3.54. The van der Waals surface area contributed by atoms with E-state index in [0.29, 0.717) is 0 Å². The molecule has 3 rings (SSSR count). The highest BCUT2D eigenvalue weighted by molar-refractivity contribution is 5.29. The van der Waals surface area contributed by atoms with Gasteiger partial charge in [-0.25, -0.2) is 0 Å². The molecule has 0 aliphatic heterocycles. The van der Waals surface area contributed by atoms with E-state index in [2.05, 4.69) is 71.8 Å². The van der Waals surface area contributed by atoms with Crippen molar-refractivity contribution in [2.24, 2.45) is 0 Å². The van der Waals surface area contributed by atoms with E-state index < -0.39 is 0 Å². The topological polar surface area (TPSA) is 24.9 Å². The van der Waals surface area contributed by atoms with Gasteiger partial charge in [0.25, 0.3) is 0 Å². The molecular formula is C20H20N2. The van der Waals surface area contributed by atoms with Gasteiger partial charge in [0.05, 0.1) is 11.7 Å². The molecule has 2 atom stereocenters. The lowest BCUT2D eigenvalue weighted by Crippen LogP contribution is -2.26. The van der Waals surface area contributed by atoms with Gasteiger partial charge in [-0.2, -0.15) is 0 Å². The third kappa shape index (κ3) is 3.41. The number of hydrogen-bond donors (Lipinski definition) is 1. The second kappa shape index (κ2) is 7.01. The van der Waals surface area contributed by atoms with Crippen molar-refractivity contribution in [3.8, 4) is 0 Å². The summed E-state index contributed by atoms with van der Waals surface area (Å²) in [5, 5.41) is 3.70. The van der Waals surface area contributed by atoms with E-state index in [4.69, 9.17) is 0 Å². The molecule has 1 N–H and O–H groups in total. The average Bonchev–Trinajstić information content (AvgIpc) is 2.62. The number of benzene rings is 2. The molecule has 2 nitrogen and oxygen atoms in total. The summed E-state index contributed by atoms with van der Waals surface area (Å²) in [6, 6.07) is 27.3. The fourth-order valence-electron chi connectivity index (χ4n) is 2.63. The molecule has 22 heavy (non-hydrogen) atoms. The van der Waals surface area contributed by atoms with Crippen molar-refractivity contribution in [2.75, 3.05) is 0 Å². The van der Waals surface area contributed by atoms with Crippen LogP contribution in [0.4, 0.5) is 0 Å². The highest BCUT2D eigenvalue weighted by atomic mass is 15.0.